The second-order valence-corrected chi connectivity index (χ2v) is 5.68. The third-order valence-electron chi connectivity index (χ3n) is 2.82. The van der Waals surface area contributed by atoms with Gasteiger partial charge in [-0.1, -0.05) is 25.9 Å². The molecule has 108 valence electrons. The van der Waals surface area contributed by atoms with Crippen molar-refractivity contribution in [3.8, 4) is 0 Å². The number of aliphatic hydroxyl groups is 1. The molecule has 0 amide bonds. The summed E-state index contributed by atoms with van der Waals surface area (Å²) in [6, 6.07) is 1.43. The Balaban J connectivity index is 2.30. The smallest absolute Gasteiger partial charge is 0.232 e. The van der Waals surface area contributed by atoms with Crippen molar-refractivity contribution >= 4 is 0 Å². The number of rotatable bonds is 3. The van der Waals surface area contributed by atoms with Crippen LogP contribution in [-0.4, -0.2) is 25.0 Å². The van der Waals surface area contributed by atoms with Crippen LogP contribution in [0.25, 0.3) is 0 Å². The Labute approximate surface area is 116 Å². The fraction of sp³-hybridized carbons (Fsp3) is 0.538. The summed E-state index contributed by atoms with van der Waals surface area (Å²) in [6.07, 6.45) is 0. The van der Waals surface area contributed by atoms with Crippen molar-refractivity contribution in [1.82, 2.24) is 19.9 Å². The molecule has 2 rings (SSSR count). The van der Waals surface area contributed by atoms with Gasteiger partial charge in [-0.15, -0.1) is 0 Å². The monoisotopic (exact) mass is 278 g/mol. The first-order valence-corrected chi connectivity index (χ1v) is 6.33. The number of aryl methyl sites for hydroxylation is 1. The lowest BCUT2D eigenvalue weighted by molar-refractivity contribution is 0.271. The molecule has 0 unspecified atom stereocenters. The maximum atomic E-state index is 11.5. The molecule has 2 heterocycles. The zero-order valence-corrected chi connectivity index (χ0v) is 12.0. The van der Waals surface area contributed by atoms with Gasteiger partial charge in [0.15, 0.2) is 5.82 Å². The fourth-order valence-electron chi connectivity index (χ4n) is 1.65. The highest BCUT2D eigenvalue weighted by Gasteiger charge is 2.22. The molecule has 7 nitrogen and oxygen atoms in total. The quantitative estimate of drug-likeness (QED) is 0.891. The van der Waals surface area contributed by atoms with E-state index in [1.165, 1.54) is 6.07 Å². The maximum absolute atomic E-state index is 11.5. The SMILES string of the molecule is Cc1cc(=O)c(CO)nn1Cc1noc(C(C)(C)C)n1. The van der Waals surface area contributed by atoms with E-state index < -0.39 is 6.61 Å². The van der Waals surface area contributed by atoms with E-state index in [2.05, 4.69) is 15.2 Å². The summed E-state index contributed by atoms with van der Waals surface area (Å²) in [5.74, 6) is 1.03. The Morgan fingerprint density at radius 2 is 2.10 bits per heavy atom. The van der Waals surface area contributed by atoms with Gasteiger partial charge in [0.05, 0.1) is 6.61 Å². The number of aromatic nitrogens is 4. The molecule has 2 aromatic heterocycles. The van der Waals surface area contributed by atoms with Gasteiger partial charge in [0.25, 0.3) is 0 Å². The molecule has 2 aromatic rings. The van der Waals surface area contributed by atoms with Crippen LogP contribution >= 0.6 is 0 Å². The summed E-state index contributed by atoms with van der Waals surface area (Å²) < 4.78 is 6.78. The Bertz CT molecular complexity index is 667. The lowest BCUT2D eigenvalue weighted by Gasteiger charge is -2.10. The van der Waals surface area contributed by atoms with Gasteiger partial charge in [0, 0.05) is 17.2 Å². The standard InChI is InChI=1S/C13H18N4O3/c1-8-5-10(19)9(7-18)15-17(8)6-11-14-12(20-16-11)13(2,3)4/h5,18H,6-7H2,1-4H3. The van der Waals surface area contributed by atoms with E-state index in [1.807, 2.05) is 20.8 Å². The summed E-state index contributed by atoms with van der Waals surface area (Å²) in [6.45, 7) is 7.61. The Morgan fingerprint density at radius 1 is 1.40 bits per heavy atom. The zero-order chi connectivity index (χ0) is 14.9. The van der Waals surface area contributed by atoms with Gasteiger partial charge >= 0.3 is 0 Å². The third-order valence-corrected chi connectivity index (χ3v) is 2.82. The second kappa shape index (κ2) is 5.16. The van der Waals surface area contributed by atoms with E-state index in [4.69, 9.17) is 9.63 Å². The summed E-state index contributed by atoms with van der Waals surface area (Å²) in [4.78, 5) is 15.8. The largest absolute Gasteiger partial charge is 0.390 e. The Morgan fingerprint density at radius 3 is 2.65 bits per heavy atom. The molecule has 0 aromatic carbocycles. The lowest BCUT2D eigenvalue weighted by atomic mass is 9.97. The molecule has 0 radical (unpaired) electrons. The molecule has 0 atom stereocenters. The molecule has 0 saturated heterocycles. The van der Waals surface area contributed by atoms with Gasteiger partial charge in [-0.05, 0) is 6.92 Å². The highest BCUT2D eigenvalue weighted by atomic mass is 16.5. The van der Waals surface area contributed by atoms with Gasteiger partial charge in [-0.2, -0.15) is 10.1 Å². The molecule has 0 spiro atoms. The highest BCUT2D eigenvalue weighted by molar-refractivity contribution is 5.08. The van der Waals surface area contributed by atoms with Crippen LogP contribution in [0.4, 0.5) is 0 Å². The van der Waals surface area contributed by atoms with Crippen LogP contribution in [0, 0.1) is 6.92 Å². The minimum Gasteiger partial charge on any atom is -0.390 e. The molecule has 1 N–H and O–H groups in total. The molecule has 0 aliphatic rings. The molecule has 7 heteroatoms. The van der Waals surface area contributed by atoms with Crippen molar-refractivity contribution < 1.29 is 9.63 Å². The Kier molecular flexibility index (Phi) is 3.71. The Hall–Kier alpha value is -2.02. The van der Waals surface area contributed by atoms with Gasteiger partial charge in [0.1, 0.15) is 12.2 Å². The summed E-state index contributed by atoms with van der Waals surface area (Å²) in [7, 11) is 0. The van der Waals surface area contributed by atoms with Crippen molar-refractivity contribution in [2.45, 2.75) is 46.3 Å². The first-order chi connectivity index (χ1) is 9.31. The fourth-order valence-corrected chi connectivity index (χ4v) is 1.65. The average Bonchev–Trinajstić information content (AvgIpc) is 2.81. The first kappa shape index (κ1) is 14.4. The summed E-state index contributed by atoms with van der Waals surface area (Å²) in [5.41, 5.74) is 0.294. The molecule has 0 aliphatic carbocycles. The molecule has 0 fully saturated rings. The van der Waals surface area contributed by atoms with E-state index in [9.17, 15) is 4.79 Å². The molecule has 0 saturated carbocycles. The normalized spacial score (nSPS) is 11.8. The van der Waals surface area contributed by atoms with Gasteiger partial charge in [0.2, 0.25) is 11.3 Å². The second-order valence-electron chi connectivity index (χ2n) is 5.68. The summed E-state index contributed by atoms with van der Waals surface area (Å²) >= 11 is 0. The van der Waals surface area contributed by atoms with Crippen LogP contribution in [0.3, 0.4) is 0 Å². The number of nitrogens with zero attached hydrogens (tertiary/aromatic N) is 4. The molecule has 0 aliphatic heterocycles. The van der Waals surface area contributed by atoms with Gasteiger partial charge in [-0.25, -0.2) is 0 Å². The van der Waals surface area contributed by atoms with Crippen LogP contribution in [0.5, 0.6) is 0 Å². The van der Waals surface area contributed by atoms with E-state index in [-0.39, 0.29) is 16.5 Å². The number of aliphatic hydroxyl groups excluding tert-OH is 1. The van der Waals surface area contributed by atoms with Gasteiger partial charge in [-0.3, -0.25) is 9.48 Å². The van der Waals surface area contributed by atoms with E-state index >= 15 is 0 Å². The van der Waals surface area contributed by atoms with E-state index in [0.29, 0.717) is 24.0 Å². The minimum atomic E-state index is -0.390. The average molecular weight is 278 g/mol. The van der Waals surface area contributed by atoms with E-state index in [0.717, 1.165) is 0 Å². The minimum absolute atomic E-state index is 0.107. The van der Waals surface area contributed by atoms with Crippen molar-refractivity contribution in [3.05, 3.63) is 39.4 Å². The topological polar surface area (TPSA) is 94.0 Å². The number of hydrogen-bond donors (Lipinski definition) is 1. The van der Waals surface area contributed by atoms with Crippen molar-refractivity contribution in [2.75, 3.05) is 0 Å². The molecule has 20 heavy (non-hydrogen) atoms. The van der Waals surface area contributed by atoms with Crippen molar-refractivity contribution in [1.29, 1.82) is 0 Å². The van der Waals surface area contributed by atoms with Crippen LogP contribution < -0.4 is 5.43 Å². The van der Waals surface area contributed by atoms with Crippen LogP contribution in [0.2, 0.25) is 0 Å². The first-order valence-electron chi connectivity index (χ1n) is 6.33. The van der Waals surface area contributed by atoms with Crippen molar-refractivity contribution in [2.24, 2.45) is 0 Å². The maximum Gasteiger partial charge on any atom is 0.232 e. The number of hydrogen-bond acceptors (Lipinski definition) is 6. The lowest BCUT2D eigenvalue weighted by Crippen LogP contribution is -2.20. The predicted octanol–water partition coefficient (Wildman–Crippen LogP) is 0.773. The van der Waals surface area contributed by atoms with E-state index in [1.54, 1.807) is 11.6 Å². The van der Waals surface area contributed by atoms with Crippen LogP contribution in [0.1, 0.15) is 43.9 Å². The summed E-state index contributed by atoms with van der Waals surface area (Å²) in [5, 5.41) is 17.1. The molecule has 0 bridgehead atoms. The van der Waals surface area contributed by atoms with Crippen LogP contribution in [0.15, 0.2) is 15.4 Å². The van der Waals surface area contributed by atoms with Gasteiger partial charge < -0.3 is 9.63 Å². The van der Waals surface area contributed by atoms with Crippen LogP contribution in [-0.2, 0) is 18.6 Å². The zero-order valence-electron chi connectivity index (χ0n) is 12.0. The molecular formula is C13H18N4O3. The predicted molar refractivity (Wildman–Crippen MR) is 71.3 cm³/mol. The highest BCUT2D eigenvalue weighted by Crippen LogP contribution is 2.19. The molecular weight excluding hydrogens is 260 g/mol. The third kappa shape index (κ3) is 2.93. The van der Waals surface area contributed by atoms with Crippen molar-refractivity contribution in [3.63, 3.8) is 0 Å².